The van der Waals surface area contributed by atoms with E-state index in [4.69, 9.17) is 11.5 Å². The standard InChI is InChI=1S/C102H132N18O16S4/c1-5-38-119-51-67(46-72-70-17-14-22-76-90(70)62(49-107-76)44-86(72)119)139-55-88(125)105-37-13-11-21-78(109-89(126)56-140-68-47-73-71-18-15-23-77-91(71)63(50-108-77)45-87(73)120(52-68)39-6-2)95(129)112-80(40-58-24-30-64(122)31-25-58)97(131)113-82(42-60-28-34-66(124)35-29-60)99(133)117-84(53-137)101(135)114-81(41-59-26-32-65(123)33-27-59)98(132)115-83(43-61-48-106-75-19-9-8-16-69(61)75)100(134)111-79(20-10-12-36-103)96(130)110-74(7-3)94(128)116-85(54-138)102(136)118-92(57(4)121)93(104)127/h8-9,14-19,22-35,48-50,57,67-68,72-74,78-87,92,106-108,121-124,137-138H,5-7,10-13,20-21,36-47,51-56,103H2,1-4H3,(H2,104,127)(H,105,125)(H,109,126)(H,110,130)(H,111,134)(H,112,129)(H,113,131)(H,114,135)(H,115,132)(H,116,128)(H,117,133)(H,118,136)/t57-,67+,68+,72-,73-,74+,78+,79+,80-,81+,82-,83-,84+,85+,86-,87-,92+/m1/s1. The van der Waals surface area contributed by atoms with Gasteiger partial charge in [0.15, 0.2) is 0 Å². The Hall–Kier alpha value is -11.8. The Kier molecular flexibility index (Phi) is 38.1. The van der Waals surface area contributed by atoms with Gasteiger partial charge in [0.05, 0.1) is 17.6 Å². The van der Waals surface area contributed by atoms with E-state index in [9.17, 15) is 49.2 Å². The number of phenols is 3. The molecule has 6 aromatic carbocycles. The third kappa shape index (κ3) is 27.7. The second kappa shape index (κ2) is 50.6. The van der Waals surface area contributed by atoms with Crippen molar-refractivity contribution in [3.05, 3.63) is 197 Å². The van der Waals surface area contributed by atoms with Crippen LogP contribution in [-0.4, -0.2) is 267 Å². The summed E-state index contributed by atoms with van der Waals surface area (Å²) in [5, 5.41) is 75.6. The molecule has 9 aromatic rings. The lowest BCUT2D eigenvalue weighted by Gasteiger charge is -2.47. The van der Waals surface area contributed by atoms with Gasteiger partial charge in [-0.2, -0.15) is 25.3 Å². The van der Waals surface area contributed by atoms with Crippen molar-refractivity contribution in [2.24, 2.45) is 11.5 Å². The second-order valence-electron chi connectivity index (χ2n) is 37.1. The molecule has 4 aliphatic rings. The van der Waals surface area contributed by atoms with Crippen LogP contribution in [0, 0.1) is 0 Å². The molecule has 13 rings (SSSR count). The predicted molar refractivity (Wildman–Crippen MR) is 548 cm³/mol. The molecule has 38 heteroatoms. The average Bonchev–Trinajstić information content (AvgIpc) is 1.50. The number of phenolic OH excluding ortho intramolecular Hbond substituents is 3. The maximum atomic E-state index is 15.6. The summed E-state index contributed by atoms with van der Waals surface area (Å²) in [6.45, 7) is 11.1. The van der Waals surface area contributed by atoms with Crippen LogP contribution in [0.25, 0.3) is 32.7 Å². The Balaban J connectivity index is 0.719. The number of aliphatic hydroxyl groups is 1. The van der Waals surface area contributed by atoms with Crippen LogP contribution < -0.4 is 70.0 Å². The number of hydrogen-bond acceptors (Lipinski definition) is 23. The van der Waals surface area contributed by atoms with Crippen molar-refractivity contribution in [3.8, 4) is 17.2 Å². The Labute approximate surface area is 833 Å². The van der Waals surface area contributed by atoms with Crippen LogP contribution in [-0.2, 0) is 96.1 Å². The number of aromatic nitrogens is 3. The highest BCUT2D eigenvalue weighted by atomic mass is 32.2. The highest BCUT2D eigenvalue weighted by molar-refractivity contribution is 8.00. The molecule has 17 atom stereocenters. The Morgan fingerprint density at radius 1 is 0.443 bits per heavy atom. The van der Waals surface area contributed by atoms with E-state index < -0.39 is 137 Å². The van der Waals surface area contributed by atoms with E-state index in [1.807, 2.05) is 0 Å². The van der Waals surface area contributed by atoms with Crippen LogP contribution in [0.5, 0.6) is 17.2 Å². The number of amides is 12. The minimum atomic E-state index is -1.60. The molecule has 22 N–H and O–H groups in total. The lowest BCUT2D eigenvalue weighted by Crippen LogP contribution is -2.61. The Morgan fingerprint density at radius 3 is 1.27 bits per heavy atom. The SMILES string of the molecule is CCCN1C[C@@H](SCC(=O)NCCCC[C@H](NC(=O)CS[C@H]2C[C@@H]3c4cccc5[nH]cc(c45)C[C@H]3N(CCC)C2)C(=O)N[C@H](Cc2ccc(O)cc2)C(=O)N[C@H](Cc2ccc(O)cc2)C(=O)N[C@@H](CS)C(=O)N[C@@H](Cc2ccc(O)cc2)C(=O)N[C@H](Cc2c[nH]c3ccccc23)C(=O)N[C@@H](CCCCN)C(=O)N[C@@H](CC)C(=O)N[C@@H](CS)C(=O)N[C@H](C(N)=O)[C@@H](C)O)C[C@@H]2c3cccc4[nH]cc(c34)C[C@H]21. The first-order chi connectivity index (χ1) is 67.5. The number of piperidine rings is 2. The van der Waals surface area contributed by atoms with Crippen molar-refractivity contribution in [2.75, 3.05) is 62.3 Å². The van der Waals surface area contributed by atoms with Gasteiger partial charge in [0.2, 0.25) is 70.9 Å². The maximum Gasteiger partial charge on any atom is 0.244 e. The normalized spacial score (nSPS) is 19.0. The summed E-state index contributed by atoms with van der Waals surface area (Å²) in [5.74, 6) is -9.76. The summed E-state index contributed by atoms with van der Waals surface area (Å²) in [7, 11) is 0. The van der Waals surface area contributed by atoms with E-state index in [2.05, 4.69) is 171 Å². The van der Waals surface area contributed by atoms with Crippen LogP contribution in [0.15, 0.2) is 152 Å². The molecular weight excluding hydrogens is 1860 g/mol. The second-order valence-corrected chi connectivity index (χ2v) is 40.4. The number of nitrogens with one attached hydrogen (secondary N) is 14. The quantitative estimate of drug-likeness (QED) is 0.0159. The first-order valence-electron chi connectivity index (χ1n) is 48.5. The number of nitrogens with zero attached hydrogens (tertiary/aromatic N) is 2. The molecule has 5 heterocycles. The monoisotopic (exact) mass is 1990 g/mol. The number of benzene rings is 6. The van der Waals surface area contributed by atoms with Crippen molar-refractivity contribution in [2.45, 2.75) is 238 Å². The Morgan fingerprint density at radius 2 is 0.829 bits per heavy atom. The lowest BCUT2D eigenvalue weighted by atomic mass is 9.75. The first-order valence-corrected chi connectivity index (χ1v) is 51.8. The van der Waals surface area contributed by atoms with Crippen molar-refractivity contribution in [3.63, 3.8) is 0 Å². The Bertz CT molecular complexity index is 5810. The van der Waals surface area contributed by atoms with Gasteiger partial charge in [-0.05, 0) is 209 Å². The molecule has 0 radical (unpaired) electrons. The fraction of sp³-hybridized carbons (Fsp3) is 0.471. The summed E-state index contributed by atoms with van der Waals surface area (Å²) in [5.41, 5.74) is 21.4. The predicted octanol–water partition coefficient (Wildman–Crippen LogP) is 5.77. The number of hydrogen-bond donors (Lipinski definition) is 22. The van der Waals surface area contributed by atoms with Gasteiger partial charge >= 0.3 is 0 Å². The van der Waals surface area contributed by atoms with Gasteiger partial charge in [-0.1, -0.05) is 99.6 Å². The zero-order valence-corrected chi connectivity index (χ0v) is 82.7. The van der Waals surface area contributed by atoms with Crippen LogP contribution >= 0.6 is 48.8 Å². The summed E-state index contributed by atoms with van der Waals surface area (Å²) < 4.78 is 0. The molecule has 0 spiro atoms. The summed E-state index contributed by atoms with van der Waals surface area (Å²) in [6.07, 6.45) is 10.6. The molecule has 0 bridgehead atoms. The van der Waals surface area contributed by atoms with E-state index in [1.54, 1.807) is 61.3 Å². The molecule has 140 heavy (non-hydrogen) atoms. The smallest absolute Gasteiger partial charge is 0.244 e. The fourth-order valence-electron chi connectivity index (χ4n) is 19.8. The fourth-order valence-corrected chi connectivity index (χ4v) is 22.6. The van der Waals surface area contributed by atoms with E-state index >= 15 is 28.8 Å². The number of H-pyrrole nitrogens is 3. The number of unbranched alkanes of at least 4 members (excludes halogenated alkanes) is 2. The maximum absolute atomic E-state index is 15.6. The third-order valence-electron chi connectivity index (χ3n) is 27.0. The van der Waals surface area contributed by atoms with Gasteiger partial charge in [0.1, 0.15) is 77.7 Å². The molecule has 0 unspecified atom stereocenters. The number of fused-ring (bicyclic) bond motifs is 5. The number of aliphatic hydroxyl groups excluding tert-OH is 1. The van der Waals surface area contributed by atoms with Crippen molar-refractivity contribution in [1.29, 1.82) is 0 Å². The van der Waals surface area contributed by atoms with Gasteiger partial charge in [-0.25, -0.2) is 0 Å². The highest BCUT2D eigenvalue weighted by Crippen LogP contribution is 2.48. The number of carbonyl (C=O) groups is 12. The number of nitrogens with two attached hydrogens (primary N) is 2. The number of aromatic hydroxyl groups is 3. The first kappa shape index (κ1) is 106. The minimum absolute atomic E-state index is 0.00574. The molecule has 2 aliphatic heterocycles. The largest absolute Gasteiger partial charge is 0.508 e. The van der Waals surface area contributed by atoms with Crippen LogP contribution in [0.4, 0.5) is 0 Å². The minimum Gasteiger partial charge on any atom is -0.508 e. The average molecular weight is 1990 g/mol. The number of aromatic amines is 3. The number of thioether (sulfide) groups is 2. The summed E-state index contributed by atoms with van der Waals surface area (Å²) >= 11 is 12.0. The van der Waals surface area contributed by atoms with Gasteiger partial charge in [0, 0.05) is 143 Å². The highest BCUT2D eigenvalue weighted by Gasteiger charge is 2.45. The van der Waals surface area contributed by atoms with Crippen molar-refractivity contribution >= 4 is 152 Å². The number of primary amides is 1. The van der Waals surface area contributed by atoms with Gasteiger partial charge < -0.3 is 105 Å². The van der Waals surface area contributed by atoms with E-state index in [1.165, 1.54) is 112 Å². The summed E-state index contributed by atoms with van der Waals surface area (Å²) in [4.78, 5) is 190. The lowest BCUT2D eigenvalue weighted by molar-refractivity contribution is -0.136. The zero-order chi connectivity index (χ0) is 99.8. The molecule has 0 saturated carbocycles. The topological polar surface area (TPSA) is 524 Å². The molecule has 2 saturated heterocycles. The van der Waals surface area contributed by atoms with Gasteiger partial charge in [-0.3, -0.25) is 67.3 Å². The van der Waals surface area contributed by atoms with E-state index in [-0.39, 0.29) is 127 Å². The van der Waals surface area contributed by atoms with E-state index in [0.717, 1.165) is 75.7 Å². The van der Waals surface area contributed by atoms with Crippen molar-refractivity contribution < 1.29 is 78.0 Å². The zero-order valence-electron chi connectivity index (χ0n) is 79.3. The van der Waals surface area contributed by atoms with E-state index in [0.29, 0.717) is 64.4 Å². The van der Waals surface area contributed by atoms with Crippen LogP contribution in [0.2, 0.25) is 0 Å². The van der Waals surface area contributed by atoms with Crippen LogP contribution in [0.1, 0.15) is 155 Å². The third-order valence-corrected chi connectivity index (χ3v) is 30.2. The number of para-hydroxylation sites is 1. The molecule has 34 nitrogen and oxygen atoms in total. The number of likely N-dealkylation sites (tertiary alicyclic amines) is 2. The molecule has 3 aromatic heterocycles. The van der Waals surface area contributed by atoms with Gasteiger partial charge in [0.25, 0.3) is 0 Å². The summed E-state index contributed by atoms with van der Waals surface area (Å²) in [6, 6.07) is 23.6. The van der Waals surface area contributed by atoms with Gasteiger partial charge in [-0.15, -0.1) is 23.5 Å². The number of thiol groups is 2. The number of carbonyl (C=O) groups excluding carboxylic acids is 12. The van der Waals surface area contributed by atoms with Crippen molar-refractivity contribution in [1.82, 2.24) is 83.2 Å². The number of rotatable bonds is 51. The molecular formula is C102H132N18O16S4. The molecule has 2 aliphatic carbocycles. The van der Waals surface area contributed by atoms with Crippen LogP contribution in [0.3, 0.4) is 0 Å². The molecule has 2 fully saturated rings. The molecule has 750 valence electrons. The molecule has 12 amide bonds.